The number of hydrogen-bond donors (Lipinski definition) is 1. The number of piperazine rings is 1. The number of aromatic nitrogens is 3. The number of rotatable bonds is 4. The van der Waals surface area contributed by atoms with Crippen molar-refractivity contribution in [3.8, 4) is 11.6 Å². The van der Waals surface area contributed by atoms with Gasteiger partial charge in [-0.3, -0.25) is 0 Å². The highest BCUT2D eigenvalue weighted by Crippen LogP contribution is 2.27. The summed E-state index contributed by atoms with van der Waals surface area (Å²) in [5.41, 5.74) is 2.81. The molecule has 3 aromatic rings. The largest absolute Gasteiger partial charge is 0.420 e. The van der Waals surface area contributed by atoms with Crippen LogP contribution in [-0.2, 0) is 10.0 Å². The Hall–Kier alpha value is -2.65. The molecule has 0 aliphatic carbocycles. The highest BCUT2D eigenvalue weighted by molar-refractivity contribution is 7.89. The Labute approximate surface area is 164 Å². The molecule has 9 heteroatoms. The average molecular weight is 401 g/mol. The monoisotopic (exact) mass is 401 g/mol. The molecular formula is C19H23N5O3S. The molecule has 1 aromatic carbocycles. The van der Waals surface area contributed by atoms with E-state index in [4.69, 9.17) is 4.42 Å². The van der Waals surface area contributed by atoms with Gasteiger partial charge in [0.2, 0.25) is 15.9 Å². The van der Waals surface area contributed by atoms with E-state index in [0.29, 0.717) is 31.2 Å². The van der Waals surface area contributed by atoms with Crippen molar-refractivity contribution >= 4 is 15.7 Å². The van der Waals surface area contributed by atoms with Gasteiger partial charge in [-0.05, 0) is 37.6 Å². The van der Waals surface area contributed by atoms with Gasteiger partial charge >= 0.3 is 0 Å². The van der Waals surface area contributed by atoms with E-state index in [0.717, 1.165) is 5.69 Å². The van der Waals surface area contributed by atoms with E-state index in [1.165, 1.54) is 16.1 Å². The summed E-state index contributed by atoms with van der Waals surface area (Å²) in [4.78, 5) is 5.38. The van der Waals surface area contributed by atoms with Crippen LogP contribution >= 0.6 is 0 Å². The molecule has 0 amide bonds. The first kappa shape index (κ1) is 18.7. The maximum Gasteiger partial charge on any atom is 0.264 e. The Morgan fingerprint density at radius 1 is 1.18 bits per heavy atom. The Morgan fingerprint density at radius 2 is 2.00 bits per heavy atom. The lowest BCUT2D eigenvalue weighted by molar-refractivity contribution is 0.342. The summed E-state index contributed by atoms with van der Waals surface area (Å²) in [5, 5.41) is 7.70. The van der Waals surface area contributed by atoms with Gasteiger partial charge in [0.1, 0.15) is 10.6 Å². The average Bonchev–Trinajstić information content (AvgIpc) is 3.31. The zero-order valence-electron chi connectivity index (χ0n) is 16.1. The molecule has 1 saturated heterocycles. The number of benzene rings is 1. The van der Waals surface area contributed by atoms with Crippen molar-refractivity contribution in [3.63, 3.8) is 0 Å². The lowest BCUT2D eigenvalue weighted by atomic mass is 10.1. The van der Waals surface area contributed by atoms with Crippen molar-refractivity contribution in [2.24, 2.45) is 0 Å². The lowest BCUT2D eigenvalue weighted by Gasteiger charge is -2.40. The summed E-state index contributed by atoms with van der Waals surface area (Å²) in [7, 11) is -3.60. The molecular weight excluding hydrogens is 378 g/mol. The maximum absolute atomic E-state index is 13.1. The molecule has 8 nitrogen and oxygen atoms in total. The van der Waals surface area contributed by atoms with E-state index in [9.17, 15) is 8.42 Å². The quantitative estimate of drug-likeness (QED) is 0.722. The second-order valence-corrected chi connectivity index (χ2v) is 9.06. The summed E-state index contributed by atoms with van der Waals surface area (Å²) >= 11 is 0. The number of nitrogens with zero attached hydrogens (tertiary/aromatic N) is 4. The van der Waals surface area contributed by atoms with Gasteiger partial charge < -0.3 is 14.3 Å². The number of H-pyrrole nitrogens is 1. The molecule has 0 spiro atoms. The summed E-state index contributed by atoms with van der Waals surface area (Å²) in [5.74, 6) is 0.701. The number of aryl methyl sites for hydroxylation is 2. The number of hydrogen-bond acceptors (Lipinski definition) is 6. The van der Waals surface area contributed by atoms with E-state index in [2.05, 4.69) is 45.2 Å². The number of sulfonamides is 1. The molecule has 0 bridgehead atoms. The van der Waals surface area contributed by atoms with Crippen LogP contribution in [0.1, 0.15) is 18.4 Å². The van der Waals surface area contributed by atoms with Gasteiger partial charge in [-0.25, -0.2) is 8.42 Å². The normalized spacial score (nSPS) is 18.5. The van der Waals surface area contributed by atoms with Crippen molar-refractivity contribution < 1.29 is 12.8 Å². The fourth-order valence-corrected chi connectivity index (χ4v) is 5.04. The van der Waals surface area contributed by atoms with E-state index in [-0.39, 0.29) is 16.8 Å². The molecule has 2 aromatic heterocycles. The molecule has 1 aliphatic rings. The van der Waals surface area contributed by atoms with Crippen LogP contribution in [0.25, 0.3) is 11.6 Å². The van der Waals surface area contributed by atoms with Crippen LogP contribution in [0.5, 0.6) is 0 Å². The number of anilines is 1. The maximum atomic E-state index is 13.1. The minimum atomic E-state index is -3.60. The van der Waals surface area contributed by atoms with Crippen LogP contribution in [0.2, 0.25) is 0 Å². The van der Waals surface area contributed by atoms with Gasteiger partial charge in [0.05, 0.1) is 0 Å². The zero-order chi connectivity index (χ0) is 19.9. The van der Waals surface area contributed by atoms with Crippen LogP contribution in [0.15, 0.2) is 45.8 Å². The molecule has 4 rings (SSSR count). The van der Waals surface area contributed by atoms with E-state index in [1.54, 1.807) is 13.0 Å². The van der Waals surface area contributed by atoms with Crippen LogP contribution in [0.4, 0.5) is 5.69 Å². The van der Waals surface area contributed by atoms with Crippen LogP contribution in [0, 0.1) is 13.8 Å². The third-order valence-corrected chi connectivity index (χ3v) is 6.82. The molecule has 1 aliphatic heterocycles. The number of nitrogens with one attached hydrogen (secondary N) is 1. The van der Waals surface area contributed by atoms with Crippen LogP contribution in [0.3, 0.4) is 0 Å². The summed E-state index contributed by atoms with van der Waals surface area (Å²) in [6, 6.07) is 9.90. The molecule has 1 atom stereocenters. The van der Waals surface area contributed by atoms with Crippen molar-refractivity contribution in [3.05, 3.63) is 48.0 Å². The molecule has 28 heavy (non-hydrogen) atoms. The van der Waals surface area contributed by atoms with Gasteiger partial charge in [-0.1, -0.05) is 12.1 Å². The van der Waals surface area contributed by atoms with Gasteiger partial charge in [-0.15, -0.1) is 10.2 Å². The summed E-state index contributed by atoms with van der Waals surface area (Å²) < 4.78 is 33.1. The predicted molar refractivity (Wildman–Crippen MR) is 106 cm³/mol. The minimum Gasteiger partial charge on any atom is -0.420 e. The van der Waals surface area contributed by atoms with Crippen molar-refractivity contribution in [1.29, 1.82) is 0 Å². The van der Waals surface area contributed by atoms with Crippen molar-refractivity contribution in [1.82, 2.24) is 19.5 Å². The Morgan fingerprint density at radius 3 is 2.68 bits per heavy atom. The Bertz CT molecular complexity index is 1090. The van der Waals surface area contributed by atoms with Gasteiger partial charge in [0.15, 0.2) is 0 Å². The lowest BCUT2D eigenvalue weighted by Crippen LogP contribution is -2.53. The molecule has 1 N–H and O–H groups in total. The van der Waals surface area contributed by atoms with E-state index in [1.807, 2.05) is 13.0 Å². The van der Waals surface area contributed by atoms with Crippen molar-refractivity contribution in [2.45, 2.75) is 31.7 Å². The first-order chi connectivity index (χ1) is 13.3. The fraction of sp³-hybridized carbons (Fsp3) is 0.368. The highest BCUT2D eigenvalue weighted by Gasteiger charge is 2.33. The third-order valence-electron chi connectivity index (χ3n) is 4.97. The molecule has 3 heterocycles. The summed E-state index contributed by atoms with van der Waals surface area (Å²) in [6.07, 6.45) is 1.47. The molecule has 1 fully saturated rings. The Balaban J connectivity index is 1.52. The van der Waals surface area contributed by atoms with E-state index < -0.39 is 10.0 Å². The Kier molecular flexibility index (Phi) is 4.72. The summed E-state index contributed by atoms with van der Waals surface area (Å²) in [6.45, 7) is 7.30. The van der Waals surface area contributed by atoms with E-state index >= 15 is 0 Å². The second kappa shape index (κ2) is 7.06. The third kappa shape index (κ3) is 3.43. The SMILES string of the molecule is Cc1cccc(N2CCN(S(=O)(=O)c3c[nH]c(-c4nnc(C)o4)c3)C[C@@H]2C)c1. The smallest absolute Gasteiger partial charge is 0.264 e. The zero-order valence-corrected chi connectivity index (χ0v) is 16.9. The van der Waals surface area contributed by atoms with Crippen molar-refractivity contribution in [2.75, 3.05) is 24.5 Å². The van der Waals surface area contributed by atoms with Gasteiger partial charge in [0, 0.05) is 44.5 Å². The second-order valence-electron chi connectivity index (χ2n) is 7.12. The topological polar surface area (TPSA) is 95.3 Å². The molecule has 148 valence electrons. The fourth-order valence-electron chi connectivity index (χ4n) is 3.53. The predicted octanol–water partition coefficient (Wildman–Crippen LogP) is 2.58. The molecule has 0 unspecified atom stereocenters. The molecule has 0 radical (unpaired) electrons. The molecule has 0 saturated carbocycles. The first-order valence-corrected chi connectivity index (χ1v) is 10.6. The highest BCUT2D eigenvalue weighted by atomic mass is 32.2. The van der Waals surface area contributed by atoms with Gasteiger partial charge in [0.25, 0.3) is 5.89 Å². The first-order valence-electron chi connectivity index (χ1n) is 9.17. The van der Waals surface area contributed by atoms with Crippen LogP contribution < -0.4 is 4.90 Å². The van der Waals surface area contributed by atoms with Gasteiger partial charge in [-0.2, -0.15) is 4.31 Å². The standard InChI is InChI=1S/C19H23N5O3S/c1-13-5-4-6-16(9-13)24-8-7-23(12-14(24)2)28(25,26)17-10-18(20-11-17)19-22-21-15(3)27-19/h4-6,9-11,14,20H,7-8,12H2,1-3H3/t14-/m0/s1. The number of aromatic amines is 1. The van der Waals surface area contributed by atoms with Crippen LogP contribution in [-0.4, -0.2) is 53.6 Å². The minimum absolute atomic E-state index is 0.0716.